The molecule has 0 aliphatic carbocycles. The predicted octanol–water partition coefficient (Wildman–Crippen LogP) is -2.11. The molecule has 0 aromatic heterocycles. The van der Waals surface area contributed by atoms with Crippen molar-refractivity contribution in [3.63, 3.8) is 0 Å². The number of carboxylic acid groups (broad SMARTS) is 4. The third-order valence-corrected chi connectivity index (χ3v) is 0. The van der Waals surface area contributed by atoms with Crippen LogP contribution in [0.25, 0.3) is 0 Å². The summed E-state index contributed by atoms with van der Waals surface area (Å²) in [4.78, 5) is 16.9. The second-order valence-corrected chi connectivity index (χ2v) is 0.533. The molecule has 0 rings (SSSR count). The van der Waals surface area contributed by atoms with Crippen LogP contribution in [0.15, 0.2) is 0 Å². The largest absolute Gasteiger partial charge is 2.00 e. The predicted molar refractivity (Wildman–Crippen MR) is 26.4 cm³/mol. The van der Waals surface area contributed by atoms with Gasteiger partial charge in [0.1, 0.15) is 0 Å². The van der Waals surface area contributed by atoms with Crippen molar-refractivity contribution in [3.05, 3.63) is 0 Å². The summed E-state index contributed by atoms with van der Waals surface area (Å²) in [5, 5.41) is 30.6. The summed E-state index contributed by atoms with van der Waals surface area (Å²) in [6, 6.07) is 0. The van der Waals surface area contributed by atoms with Crippen LogP contribution in [0.4, 0.5) is 9.59 Å². The van der Waals surface area contributed by atoms with E-state index in [1.54, 1.807) is 0 Å². The van der Waals surface area contributed by atoms with Crippen LogP contribution in [0.5, 0.6) is 0 Å². The third-order valence-electron chi connectivity index (χ3n) is 0. The van der Waals surface area contributed by atoms with Gasteiger partial charge in [0.2, 0.25) is 0 Å². The first-order valence-corrected chi connectivity index (χ1v) is 1.26. The van der Waals surface area contributed by atoms with E-state index in [0.29, 0.717) is 0 Å². The van der Waals surface area contributed by atoms with Gasteiger partial charge in [-0.1, -0.05) is 0 Å². The number of rotatable bonds is 0. The Bertz CT molecular complexity index is 73.7. The van der Waals surface area contributed by atoms with Gasteiger partial charge in [-0.3, -0.25) is 0 Å². The van der Waals surface area contributed by atoms with Gasteiger partial charge in [-0.15, -0.1) is 0 Å². The van der Waals surface area contributed by atoms with E-state index in [9.17, 15) is 0 Å². The van der Waals surface area contributed by atoms with Gasteiger partial charge in [-0.25, -0.2) is 4.79 Å². The fourth-order valence-electron chi connectivity index (χ4n) is 0. The summed E-state index contributed by atoms with van der Waals surface area (Å²) in [6.07, 6.45) is -4.17. The minimum absolute atomic E-state index is 0. The van der Waals surface area contributed by atoms with Gasteiger partial charge < -0.3 is 25.2 Å². The SMILES string of the molecule is O=C(O)O.O=C([O-])[O-].S.[Ni+2]. The Balaban J connectivity index is -0.0000000300. The van der Waals surface area contributed by atoms with E-state index in [1.807, 2.05) is 0 Å². The van der Waals surface area contributed by atoms with E-state index < -0.39 is 12.3 Å². The van der Waals surface area contributed by atoms with E-state index in [2.05, 4.69) is 0 Å². The standard InChI is InChI=1S/2CH2O3.Ni.H2S/c2*2-1(3)4;;/h2*(H2,2,3,4);;1H2/q;;+2;/p-2. The summed E-state index contributed by atoms with van der Waals surface area (Å²) in [7, 11) is 0. The van der Waals surface area contributed by atoms with E-state index in [-0.39, 0.29) is 30.0 Å². The molecule has 8 heteroatoms. The molecule has 0 atom stereocenters. The second kappa shape index (κ2) is 15.8. The van der Waals surface area contributed by atoms with Gasteiger partial charge in [-0.2, -0.15) is 13.5 Å². The van der Waals surface area contributed by atoms with Crippen LogP contribution in [-0.2, 0) is 16.5 Å². The van der Waals surface area contributed by atoms with Crippen molar-refractivity contribution in [2.24, 2.45) is 0 Å². The fourth-order valence-corrected chi connectivity index (χ4v) is 0. The first-order valence-electron chi connectivity index (χ1n) is 1.26. The van der Waals surface area contributed by atoms with Crippen LogP contribution in [0.1, 0.15) is 0 Å². The molecule has 0 bridgehead atoms. The maximum atomic E-state index is 8.56. The minimum Gasteiger partial charge on any atom is -0.652 e. The molecular formula is C2H4NiO6S. The van der Waals surface area contributed by atoms with Crippen molar-refractivity contribution in [2.45, 2.75) is 0 Å². The zero-order valence-electron chi connectivity index (χ0n) is 4.34. The number of carbonyl (C=O) groups is 2. The minimum atomic E-state index is -2.33. The van der Waals surface area contributed by atoms with Gasteiger partial charge >= 0.3 is 22.6 Å². The Morgan fingerprint density at radius 1 is 1.10 bits per heavy atom. The Morgan fingerprint density at radius 2 is 1.10 bits per heavy atom. The molecule has 0 aromatic rings. The molecule has 0 amide bonds. The molecule has 0 aliphatic rings. The van der Waals surface area contributed by atoms with Crippen molar-refractivity contribution in [1.82, 2.24) is 0 Å². The number of hydrogen-bond acceptors (Lipinski definition) is 4. The molecule has 0 saturated carbocycles. The van der Waals surface area contributed by atoms with Crippen LogP contribution in [0.2, 0.25) is 0 Å². The zero-order valence-corrected chi connectivity index (χ0v) is 6.33. The Morgan fingerprint density at radius 3 is 1.10 bits per heavy atom. The number of hydrogen-bond donors (Lipinski definition) is 2. The van der Waals surface area contributed by atoms with E-state index in [1.165, 1.54) is 0 Å². The summed E-state index contributed by atoms with van der Waals surface area (Å²) < 4.78 is 0. The summed E-state index contributed by atoms with van der Waals surface area (Å²) >= 11 is 0. The molecular weight excluding hydrogens is 211 g/mol. The molecule has 0 heterocycles. The molecule has 0 radical (unpaired) electrons. The molecule has 0 spiro atoms. The van der Waals surface area contributed by atoms with Crippen molar-refractivity contribution in [1.29, 1.82) is 0 Å². The molecule has 0 aliphatic heterocycles. The maximum Gasteiger partial charge on any atom is 2.00 e. The van der Waals surface area contributed by atoms with E-state index >= 15 is 0 Å². The fraction of sp³-hybridized carbons (Fsp3) is 0. The molecule has 6 nitrogen and oxygen atoms in total. The van der Waals surface area contributed by atoms with E-state index in [4.69, 9.17) is 30.0 Å². The quantitative estimate of drug-likeness (QED) is 0.445. The molecule has 0 fully saturated rings. The summed E-state index contributed by atoms with van der Waals surface area (Å²) in [6.45, 7) is 0. The van der Waals surface area contributed by atoms with Crippen LogP contribution < -0.4 is 10.2 Å². The van der Waals surface area contributed by atoms with Gasteiger partial charge in [0.05, 0.1) is 0 Å². The molecule has 0 aromatic carbocycles. The molecule has 64 valence electrons. The van der Waals surface area contributed by atoms with Crippen LogP contribution >= 0.6 is 13.5 Å². The number of carbonyl (C=O) groups excluding carboxylic acids is 1. The van der Waals surface area contributed by atoms with Crippen molar-refractivity contribution < 1.29 is 46.5 Å². The Labute approximate surface area is 72.8 Å². The monoisotopic (exact) mass is 214 g/mol. The average Bonchev–Trinajstić information content (AvgIpc) is 1.25. The van der Waals surface area contributed by atoms with Gasteiger partial charge in [0.25, 0.3) is 0 Å². The Hall–Kier alpha value is -0.616. The van der Waals surface area contributed by atoms with Crippen LogP contribution in [0, 0.1) is 0 Å². The van der Waals surface area contributed by atoms with Gasteiger partial charge in [-0.05, 0) is 6.16 Å². The topological polar surface area (TPSA) is 121 Å². The van der Waals surface area contributed by atoms with Crippen molar-refractivity contribution in [3.8, 4) is 0 Å². The van der Waals surface area contributed by atoms with Crippen LogP contribution in [0.3, 0.4) is 0 Å². The first kappa shape index (κ1) is 22.8. The average molecular weight is 215 g/mol. The van der Waals surface area contributed by atoms with Gasteiger partial charge in [0, 0.05) is 0 Å². The van der Waals surface area contributed by atoms with Crippen molar-refractivity contribution >= 4 is 25.8 Å². The van der Waals surface area contributed by atoms with Crippen LogP contribution in [-0.4, -0.2) is 22.5 Å². The van der Waals surface area contributed by atoms with Gasteiger partial charge in [0.15, 0.2) is 0 Å². The second-order valence-electron chi connectivity index (χ2n) is 0.533. The first-order chi connectivity index (χ1) is 3.46. The zero-order chi connectivity index (χ0) is 7.15. The Kier molecular flexibility index (Phi) is 35.9. The summed E-state index contributed by atoms with van der Waals surface area (Å²) in [5.74, 6) is 0. The molecule has 0 saturated heterocycles. The van der Waals surface area contributed by atoms with E-state index in [0.717, 1.165) is 0 Å². The molecule has 10 heavy (non-hydrogen) atoms. The third kappa shape index (κ3) is 792. The smallest absolute Gasteiger partial charge is 0.652 e. The summed E-state index contributed by atoms with van der Waals surface area (Å²) in [5.41, 5.74) is 0. The molecule has 2 N–H and O–H groups in total. The normalized spacial score (nSPS) is 4.80. The molecule has 0 unspecified atom stereocenters. The van der Waals surface area contributed by atoms with Crippen molar-refractivity contribution in [2.75, 3.05) is 0 Å². The maximum absolute atomic E-state index is 8.56.